The van der Waals surface area contributed by atoms with Gasteiger partial charge in [0.1, 0.15) is 58.8 Å². The number of ether oxygens (including phenoxy) is 4. The van der Waals surface area contributed by atoms with Crippen molar-refractivity contribution in [2.45, 2.75) is 73.1 Å². The molecule has 7 rings (SSSR count). The number of carbonyl (C=O) groups is 3. The molecule has 14 nitrogen and oxygen atoms in total. The van der Waals surface area contributed by atoms with Crippen LogP contribution in [0.5, 0.6) is 34.8 Å². The van der Waals surface area contributed by atoms with Crippen LogP contribution in [0.2, 0.25) is 10.0 Å². The van der Waals surface area contributed by atoms with Gasteiger partial charge in [0.05, 0.1) is 57.8 Å². The number of anilines is 1. The van der Waals surface area contributed by atoms with Crippen LogP contribution in [0.1, 0.15) is 67.7 Å². The van der Waals surface area contributed by atoms with E-state index in [0.717, 1.165) is 27.6 Å². The maximum atomic E-state index is 12.4. The normalized spacial score (nSPS) is 10.9. The Kier molecular flexibility index (Phi) is 15.6. The first-order valence-electron chi connectivity index (χ1n) is 20.1. The molecule has 0 saturated heterocycles. The van der Waals surface area contributed by atoms with Gasteiger partial charge < -0.3 is 38.8 Å². The summed E-state index contributed by atoms with van der Waals surface area (Å²) in [5.41, 5.74) is 10.7. The second kappa shape index (κ2) is 21.4. The van der Waals surface area contributed by atoms with Crippen molar-refractivity contribution in [3.8, 4) is 34.8 Å². The Labute approximate surface area is 374 Å². The zero-order valence-corrected chi connectivity index (χ0v) is 37.0. The topological polar surface area (TPSA) is 192 Å². The first-order valence-corrected chi connectivity index (χ1v) is 20.9. The first-order chi connectivity index (χ1) is 30.2. The minimum Gasteiger partial charge on any atom is -0.493 e. The van der Waals surface area contributed by atoms with Gasteiger partial charge in [0.25, 0.3) is 0 Å². The van der Waals surface area contributed by atoms with Crippen LogP contribution in [0.15, 0.2) is 83.9 Å². The van der Waals surface area contributed by atoms with E-state index in [1.165, 1.54) is 12.7 Å². The third-order valence-corrected chi connectivity index (χ3v) is 10.2. The molecule has 7 aromatic rings. The molecule has 0 aliphatic carbocycles. The van der Waals surface area contributed by atoms with E-state index < -0.39 is 0 Å². The van der Waals surface area contributed by atoms with Crippen LogP contribution in [0, 0.1) is 20.8 Å². The summed E-state index contributed by atoms with van der Waals surface area (Å²) in [6.07, 6.45) is 5.56. The highest BCUT2D eigenvalue weighted by Crippen LogP contribution is 2.35. The number of carbonyl (C=O) groups excluding carboxylic acids is 3. The molecule has 0 bridgehead atoms. The fourth-order valence-electron chi connectivity index (χ4n) is 6.32. The number of nitrogen functional groups attached to an aromatic ring is 1. The van der Waals surface area contributed by atoms with E-state index in [-0.39, 0.29) is 30.2 Å². The van der Waals surface area contributed by atoms with Crippen LogP contribution >= 0.6 is 23.2 Å². The summed E-state index contributed by atoms with van der Waals surface area (Å²) in [7, 11) is 0. The number of hydrogen-bond donors (Lipinski definition) is 1. The molecule has 4 aromatic carbocycles. The number of ketones is 3. The van der Waals surface area contributed by atoms with Crippen molar-refractivity contribution in [2.75, 3.05) is 18.9 Å². The van der Waals surface area contributed by atoms with Crippen molar-refractivity contribution >= 4 is 68.0 Å². The van der Waals surface area contributed by atoms with Gasteiger partial charge in [-0.3, -0.25) is 4.79 Å². The molecule has 0 atom stereocenters. The molecule has 16 heteroatoms. The average Bonchev–Trinajstić information content (AvgIpc) is 3.65. The van der Waals surface area contributed by atoms with Crippen LogP contribution in [0.3, 0.4) is 0 Å². The third-order valence-electron chi connectivity index (χ3n) is 9.52. The fraction of sp³-hybridized carbons (Fsp3) is 0.277. The number of aromatic nitrogens is 5. The molecule has 0 fully saturated rings. The summed E-state index contributed by atoms with van der Waals surface area (Å²) in [5.74, 6) is 4.21. The van der Waals surface area contributed by atoms with Gasteiger partial charge >= 0.3 is 0 Å². The van der Waals surface area contributed by atoms with E-state index in [1.807, 2.05) is 38.1 Å². The second-order valence-corrected chi connectivity index (χ2v) is 15.7. The standard InChI is InChI=1S/C27H26ClN3O5.C20H20ClN3O3/c1-16-9-23-25(14-26(16)34-8-4-5-17(2)32)29-15-30-27(23)35-22-7-6-19(24(28)13-22)11-21(33)12-20-10-18(3)36-31-20;1-12-8-15-18(10-19(12)26-7-3-4-13(2)25)23-11-24-20(15)27-14-5-6-17(22)16(21)9-14/h6-7,9-10,13-15H,4-5,8,11-12H2,1-3H3;5-6,8-11H,3-4,7,22H2,1-2H3. The highest BCUT2D eigenvalue weighted by Gasteiger charge is 2.15. The van der Waals surface area contributed by atoms with E-state index in [4.69, 9.17) is 52.4 Å². The molecule has 0 saturated carbocycles. The van der Waals surface area contributed by atoms with E-state index >= 15 is 0 Å². The minimum absolute atomic E-state index is 0.0181. The predicted molar refractivity (Wildman–Crippen MR) is 240 cm³/mol. The maximum absolute atomic E-state index is 12.4. The third kappa shape index (κ3) is 12.9. The zero-order valence-electron chi connectivity index (χ0n) is 35.5. The molecule has 0 amide bonds. The Morgan fingerprint density at radius 1 is 0.651 bits per heavy atom. The van der Waals surface area contributed by atoms with Gasteiger partial charge in [-0.15, -0.1) is 0 Å². The molecular formula is C47H46Cl2N6O8. The highest BCUT2D eigenvalue weighted by molar-refractivity contribution is 6.33. The largest absolute Gasteiger partial charge is 0.493 e. The van der Waals surface area contributed by atoms with Gasteiger partial charge in [-0.2, -0.15) is 0 Å². The quantitative estimate of drug-likeness (QED) is 0.0632. The van der Waals surface area contributed by atoms with Gasteiger partial charge in [0.15, 0.2) is 0 Å². The second-order valence-electron chi connectivity index (χ2n) is 14.9. The maximum Gasteiger partial charge on any atom is 0.230 e. The van der Waals surface area contributed by atoms with Gasteiger partial charge in [0.2, 0.25) is 11.8 Å². The Morgan fingerprint density at radius 2 is 1.17 bits per heavy atom. The van der Waals surface area contributed by atoms with Gasteiger partial charge in [0, 0.05) is 48.6 Å². The summed E-state index contributed by atoms with van der Waals surface area (Å²) in [5, 5.41) is 6.19. The number of halogens is 2. The lowest BCUT2D eigenvalue weighted by Gasteiger charge is -2.13. The lowest BCUT2D eigenvalue weighted by molar-refractivity contribution is -0.118. The number of fused-ring (bicyclic) bond motifs is 2. The zero-order chi connectivity index (χ0) is 45.0. The van der Waals surface area contributed by atoms with Gasteiger partial charge in [-0.05, 0) is 101 Å². The molecular weight excluding hydrogens is 847 g/mol. The molecule has 0 spiro atoms. The molecule has 0 unspecified atom stereocenters. The van der Waals surface area contributed by atoms with Crippen LogP contribution in [0.4, 0.5) is 5.69 Å². The molecule has 0 aliphatic heterocycles. The molecule has 63 heavy (non-hydrogen) atoms. The van der Waals surface area contributed by atoms with Crippen molar-refractivity contribution in [1.29, 1.82) is 0 Å². The highest BCUT2D eigenvalue weighted by atomic mass is 35.5. The van der Waals surface area contributed by atoms with E-state index in [2.05, 4.69) is 25.1 Å². The van der Waals surface area contributed by atoms with Crippen LogP contribution in [-0.4, -0.2) is 55.7 Å². The van der Waals surface area contributed by atoms with Crippen LogP contribution < -0.4 is 24.7 Å². The molecule has 326 valence electrons. The van der Waals surface area contributed by atoms with Crippen molar-refractivity contribution < 1.29 is 37.9 Å². The summed E-state index contributed by atoms with van der Waals surface area (Å²) < 4.78 is 28.6. The molecule has 2 N–H and O–H groups in total. The lowest BCUT2D eigenvalue weighted by Crippen LogP contribution is -2.07. The van der Waals surface area contributed by atoms with Crippen molar-refractivity contribution in [3.05, 3.63) is 118 Å². The molecule has 0 radical (unpaired) electrons. The smallest absolute Gasteiger partial charge is 0.230 e. The Bertz CT molecular complexity index is 2780. The molecule has 0 aliphatic rings. The number of rotatable bonds is 18. The van der Waals surface area contributed by atoms with E-state index in [0.29, 0.717) is 112 Å². The van der Waals surface area contributed by atoms with E-state index in [1.54, 1.807) is 63.2 Å². The molecule has 3 aromatic heterocycles. The van der Waals surface area contributed by atoms with Crippen molar-refractivity contribution in [3.63, 3.8) is 0 Å². The van der Waals surface area contributed by atoms with Gasteiger partial charge in [-0.1, -0.05) is 34.4 Å². The summed E-state index contributed by atoms with van der Waals surface area (Å²) in [4.78, 5) is 51.7. The molecule has 3 heterocycles. The Balaban J connectivity index is 0.000000219. The number of nitrogens with two attached hydrogens (primary N) is 1. The predicted octanol–water partition coefficient (Wildman–Crippen LogP) is 10.5. The lowest BCUT2D eigenvalue weighted by atomic mass is 10.1. The van der Waals surface area contributed by atoms with Crippen LogP contribution in [-0.2, 0) is 27.2 Å². The number of hydrogen-bond acceptors (Lipinski definition) is 14. The Morgan fingerprint density at radius 3 is 1.65 bits per heavy atom. The van der Waals surface area contributed by atoms with Crippen molar-refractivity contribution in [2.24, 2.45) is 0 Å². The fourth-order valence-corrected chi connectivity index (χ4v) is 6.73. The van der Waals surface area contributed by atoms with Gasteiger partial charge in [-0.25, -0.2) is 19.9 Å². The number of aryl methyl sites for hydroxylation is 3. The number of benzene rings is 4. The summed E-state index contributed by atoms with van der Waals surface area (Å²) >= 11 is 12.5. The monoisotopic (exact) mass is 892 g/mol. The SMILES string of the molecule is CC(=O)CCCOc1cc2ncnc(Oc3ccc(CC(=O)Cc4cc(C)on4)c(Cl)c3)c2cc1C.CC(=O)CCCOc1cc2ncnc(Oc3ccc(N)c(Cl)c3)c2cc1C. The Hall–Kier alpha value is -6.64. The number of nitrogens with zero attached hydrogens (tertiary/aromatic N) is 5. The average molecular weight is 894 g/mol. The summed E-state index contributed by atoms with van der Waals surface area (Å²) in [6, 6.07) is 19.5. The van der Waals surface area contributed by atoms with E-state index in [9.17, 15) is 14.4 Å². The minimum atomic E-state index is -0.0181. The van der Waals surface area contributed by atoms with Crippen molar-refractivity contribution in [1.82, 2.24) is 25.1 Å². The van der Waals surface area contributed by atoms with Crippen LogP contribution in [0.25, 0.3) is 21.8 Å². The number of Topliss-reactive ketones (excluding diaryl/α,β-unsaturated/α-hetero) is 3. The first kappa shape index (κ1) is 45.9. The summed E-state index contributed by atoms with van der Waals surface area (Å²) in [6.45, 7) is 9.73.